The molecular formula is C13H15N3OS. The lowest BCUT2D eigenvalue weighted by molar-refractivity contribution is -0.118. The molecule has 1 heterocycles. The van der Waals surface area contributed by atoms with E-state index in [9.17, 15) is 4.79 Å². The van der Waals surface area contributed by atoms with Crippen LogP contribution in [0.15, 0.2) is 41.8 Å². The molecule has 0 fully saturated rings. The lowest BCUT2D eigenvalue weighted by Gasteiger charge is -2.04. The number of aromatic nitrogens is 3. The Labute approximate surface area is 110 Å². The van der Waals surface area contributed by atoms with Gasteiger partial charge in [0.05, 0.1) is 10.9 Å². The van der Waals surface area contributed by atoms with Crippen LogP contribution in [0.1, 0.15) is 20.3 Å². The summed E-state index contributed by atoms with van der Waals surface area (Å²) < 4.78 is 1.71. The molecule has 5 heteroatoms. The minimum absolute atomic E-state index is 0.0957. The van der Waals surface area contributed by atoms with E-state index in [0.29, 0.717) is 11.6 Å². The second-order valence-electron chi connectivity index (χ2n) is 3.89. The van der Waals surface area contributed by atoms with Crippen molar-refractivity contribution in [2.24, 2.45) is 0 Å². The molecule has 1 aromatic carbocycles. The van der Waals surface area contributed by atoms with Crippen LogP contribution in [-0.2, 0) is 4.79 Å². The van der Waals surface area contributed by atoms with E-state index in [0.717, 1.165) is 5.69 Å². The Kier molecular flexibility index (Phi) is 4.15. The summed E-state index contributed by atoms with van der Waals surface area (Å²) in [7, 11) is 0. The van der Waals surface area contributed by atoms with Crippen molar-refractivity contribution in [1.29, 1.82) is 0 Å². The van der Waals surface area contributed by atoms with Gasteiger partial charge >= 0.3 is 0 Å². The third-order valence-electron chi connectivity index (χ3n) is 2.58. The van der Waals surface area contributed by atoms with Gasteiger partial charge < -0.3 is 0 Å². The Bertz CT molecular complexity index is 524. The lowest BCUT2D eigenvalue weighted by Crippen LogP contribution is -2.11. The maximum Gasteiger partial charge on any atom is 0.209 e. The third kappa shape index (κ3) is 2.98. The number of para-hydroxylation sites is 1. The Morgan fingerprint density at radius 3 is 2.78 bits per heavy atom. The predicted molar refractivity (Wildman–Crippen MR) is 72.0 cm³/mol. The minimum Gasteiger partial charge on any atom is -0.298 e. The molecule has 1 atom stereocenters. The number of nitrogens with zero attached hydrogens (tertiary/aromatic N) is 3. The van der Waals surface area contributed by atoms with Crippen molar-refractivity contribution in [2.45, 2.75) is 30.7 Å². The van der Waals surface area contributed by atoms with Crippen LogP contribution in [0.2, 0.25) is 0 Å². The number of thioether (sulfide) groups is 1. The lowest BCUT2D eigenvalue weighted by atomic mass is 10.2. The highest BCUT2D eigenvalue weighted by Crippen LogP contribution is 2.21. The predicted octanol–water partition coefficient (Wildman–Crippen LogP) is 2.73. The topological polar surface area (TPSA) is 47.8 Å². The fourth-order valence-corrected chi connectivity index (χ4v) is 2.38. The summed E-state index contributed by atoms with van der Waals surface area (Å²) in [5.74, 6) is 0.219. The maximum absolute atomic E-state index is 11.5. The van der Waals surface area contributed by atoms with Crippen LogP contribution in [0.3, 0.4) is 0 Å². The van der Waals surface area contributed by atoms with Crippen LogP contribution in [0.25, 0.3) is 5.69 Å². The maximum atomic E-state index is 11.5. The molecule has 0 amide bonds. The number of ketones is 1. The first-order valence-corrected chi connectivity index (χ1v) is 6.75. The number of rotatable bonds is 5. The Hall–Kier alpha value is -1.62. The molecule has 0 spiro atoms. The van der Waals surface area contributed by atoms with Crippen molar-refractivity contribution < 1.29 is 4.79 Å². The summed E-state index contributed by atoms with van der Waals surface area (Å²) in [5, 5.41) is 4.89. The Morgan fingerprint density at radius 1 is 1.39 bits per heavy atom. The number of carbonyl (C=O) groups excluding carboxylic acids is 1. The monoisotopic (exact) mass is 261 g/mol. The van der Waals surface area contributed by atoms with Gasteiger partial charge in [0.25, 0.3) is 0 Å². The summed E-state index contributed by atoms with van der Waals surface area (Å²) in [6, 6.07) is 9.78. The highest BCUT2D eigenvalue weighted by molar-refractivity contribution is 8.00. The fraction of sp³-hybridized carbons (Fsp3) is 0.308. The van der Waals surface area contributed by atoms with E-state index in [1.807, 2.05) is 44.2 Å². The summed E-state index contributed by atoms with van der Waals surface area (Å²) >= 11 is 1.40. The van der Waals surface area contributed by atoms with Crippen molar-refractivity contribution >= 4 is 17.5 Å². The zero-order chi connectivity index (χ0) is 13.0. The Morgan fingerprint density at radius 2 is 2.11 bits per heavy atom. The van der Waals surface area contributed by atoms with Gasteiger partial charge in [-0.2, -0.15) is 0 Å². The van der Waals surface area contributed by atoms with Gasteiger partial charge in [-0.1, -0.05) is 36.9 Å². The van der Waals surface area contributed by atoms with E-state index in [1.54, 1.807) is 11.0 Å². The van der Waals surface area contributed by atoms with E-state index in [4.69, 9.17) is 0 Å². The smallest absolute Gasteiger partial charge is 0.209 e. The van der Waals surface area contributed by atoms with Crippen LogP contribution in [0.5, 0.6) is 0 Å². The van der Waals surface area contributed by atoms with Crippen LogP contribution in [0.4, 0.5) is 0 Å². The van der Waals surface area contributed by atoms with Gasteiger partial charge in [-0.3, -0.25) is 4.79 Å². The zero-order valence-electron chi connectivity index (χ0n) is 10.4. The molecule has 0 saturated carbocycles. The van der Waals surface area contributed by atoms with Crippen molar-refractivity contribution in [3.05, 3.63) is 36.7 Å². The highest BCUT2D eigenvalue weighted by Gasteiger charge is 2.14. The van der Waals surface area contributed by atoms with E-state index in [-0.39, 0.29) is 11.0 Å². The van der Waals surface area contributed by atoms with Gasteiger partial charge in [-0.15, -0.1) is 5.10 Å². The number of benzene rings is 1. The third-order valence-corrected chi connectivity index (χ3v) is 3.59. The average molecular weight is 261 g/mol. The molecule has 2 rings (SSSR count). The molecule has 18 heavy (non-hydrogen) atoms. The molecule has 0 saturated heterocycles. The molecule has 0 radical (unpaired) electrons. The van der Waals surface area contributed by atoms with Crippen LogP contribution < -0.4 is 0 Å². The van der Waals surface area contributed by atoms with Gasteiger partial charge in [0.2, 0.25) is 5.16 Å². The summed E-state index contributed by atoms with van der Waals surface area (Å²) in [6.45, 7) is 3.76. The second-order valence-corrected chi connectivity index (χ2v) is 5.20. The molecule has 4 nitrogen and oxygen atoms in total. The molecule has 0 aliphatic rings. The van der Waals surface area contributed by atoms with Crippen LogP contribution in [-0.4, -0.2) is 25.8 Å². The molecule has 0 aliphatic carbocycles. The van der Waals surface area contributed by atoms with Crippen molar-refractivity contribution in [3.63, 3.8) is 0 Å². The van der Waals surface area contributed by atoms with Crippen molar-refractivity contribution in [1.82, 2.24) is 14.8 Å². The number of hydrogen-bond donors (Lipinski definition) is 0. The molecule has 0 bridgehead atoms. The van der Waals surface area contributed by atoms with Gasteiger partial charge in [0, 0.05) is 6.42 Å². The largest absolute Gasteiger partial charge is 0.298 e. The molecule has 94 valence electrons. The van der Waals surface area contributed by atoms with Gasteiger partial charge in [0.1, 0.15) is 12.1 Å². The van der Waals surface area contributed by atoms with E-state index in [2.05, 4.69) is 10.1 Å². The average Bonchev–Trinajstić information content (AvgIpc) is 2.87. The molecule has 2 aromatic rings. The first-order valence-electron chi connectivity index (χ1n) is 5.87. The van der Waals surface area contributed by atoms with E-state index < -0.39 is 0 Å². The first kappa shape index (κ1) is 12.8. The van der Waals surface area contributed by atoms with Crippen LogP contribution in [0, 0.1) is 0 Å². The molecular weight excluding hydrogens is 246 g/mol. The second kappa shape index (κ2) is 5.82. The summed E-state index contributed by atoms with van der Waals surface area (Å²) in [5.41, 5.74) is 0.964. The highest BCUT2D eigenvalue weighted by atomic mass is 32.2. The van der Waals surface area contributed by atoms with Gasteiger partial charge in [0.15, 0.2) is 0 Å². The molecule has 1 aromatic heterocycles. The van der Waals surface area contributed by atoms with Gasteiger partial charge in [-0.25, -0.2) is 9.67 Å². The van der Waals surface area contributed by atoms with Crippen LogP contribution >= 0.6 is 11.8 Å². The van der Waals surface area contributed by atoms with Crippen molar-refractivity contribution in [3.8, 4) is 5.69 Å². The molecule has 0 N–H and O–H groups in total. The zero-order valence-corrected chi connectivity index (χ0v) is 11.2. The fourth-order valence-electron chi connectivity index (χ4n) is 1.52. The first-order chi connectivity index (χ1) is 8.70. The van der Waals surface area contributed by atoms with Crippen molar-refractivity contribution in [2.75, 3.05) is 0 Å². The standard InChI is InChI=1S/C13H15N3OS/c1-3-12(17)10(2)18-13-14-9-16(15-13)11-7-5-4-6-8-11/h4-10H,3H2,1-2H3/t10-/m1/s1. The number of carbonyl (C=O) groups is 1. The van der Waals surface area contributed by atoms with E-state index >= 15 is 0 Å². The molecule has 0 aliphatic heterocycles. The normalized spacial score (nSPS) is 12.3. The summed E-state index contributed by atoms with van der Waals surface area (Å²) in [6.07, 6.45) is 2.22. The molecule has 0 unspecified atom stereocenters. The quantitative estimate of drug-likeness (QED) is 0.776. The van der Waals surface area contributed by atoms with E-state index in [1.165, 1.54) is 11.8 Å². The number of Topliss-reactive ketones (excluding diaryl/α,β-unsaturated/α-hetero) is 1. The number of hydrogen-bond acceptors (Lipinski definition) is 4. The van der Waals surface area contributed by atoms with Gasteiger partial charge in [-0.05, 0) is 19.1 Å². The Balaban J connectivity index is 2.09. The summed E-state index contributed by atoms with van der Waals surface area (Å²) in [4.78, 5) is 15.7. The minimum atomic E-state index is -0.0957. The SMILES string of the molecule is CCC(=O)[C@@H](C)Sc1ncn(-c2ccccc2)n1.